The van der Waals surface area contributed by atoms with Crippen molar-refractivity contribution in [2.45, 2.75) is 44.6 Å². The highest BCUT2D eigenvalue weighted by Crippen LogP contribution is 2.41. The summed E-state index contributed by atoms with van der Waals surface area (Å²) in [5, 5.41) is 0. The SMILES string of the molecule is CC=CC=Cc1cnc(C(=O)C2CCN(CCC3(c4ccccc4)CCN(C(=O)c4cc(OC)c(OC)c(OC)c4)C3)CC2)n1Cc1ccncc1. The molecule has 2 saturated heterocycles. The minimum absolute atomic E-state index is 0.0563. The van der Waals surface area contributed by atoms with Gasteiger partial charge in [-0.1, -0.05) is 48.6 Å². The van der Waals surface area contributed by atoms with Gasteiger partial charge in [0.1, 0.15) is 0 Å². The van der Waals surface area contributed by atoms with Gasteiger partial charge in [0.05, 0.1) is 33.2 Å². The minimum Gasteiger partial charge on any atom is -0.493 e. The zero-order valence-electron chi connectivity index (χ0n) is 30.7. The molecule has 0 bridgehead atoms. The third-order valence-corrected chi connectivity index (χ3v) is 10.6. The Morgan fingerprint density at radius 1 is 0.923 bits per heavy atom. The van der Waals surface area contributed by atoms with E-state index in [1.165, 1.54) is 5.56 Å². The number of piperidine rings is 1. The largest absolute Gasteiger partial charge is 0.493 e. The number of carbonyl (C=O) groups is 2. The van der Waals surface area contributed by atoms with E-state index in [-0.39, 0.29) is 23.0 Å². The lowest BCUT2D eigenvalue weighted by atomic mass is 9.76. The van der Waals surface area contributed by atoms with E-state index < -0.39 is 0 Å². The highest BCUT2D eigenvalue weighted by atomic mass is 16.5. The van der Waals surface area contributed by atoms with Crippen LogP contribution in [-0.2, 0) is 12.0 Å². The molecule has 10 heteroatoms. The van der Waals surface area contributed by atoms with Crippen LogP contribution in [0.1, 0.15) is 70.4 Å². The molecule has 0 saturated carbocycles. The van der Waals surface area contributed by atoms with Crippen LogP contribution in [0, 0.1) is 5.92 Å². The number of allylic oxidation sites excluding steroid dienone is 3. The van der Waals surface area contributed by atoms with Crippen LogP contribution in [-0.4, -0.2) is 90.1 Å². The van der Waals surface area contributed by atoms with Crippen LogP contribution < -0.4 is 14.2 Å². The van der Waals surface area contributed by atoms with Crippen molar-refractivity contribution < 1.29 is 23.8 Å². The van der Waals surface area contributed by atoms with Crippen LogP contribution in [0.25, 0.3) is 6.08 Å². The summed E-state index contributed by atoms with van der Waals surface area (Å²) in [6.07, 6.45) is 16.6. The normalized spacial score (nSPS) is 18.3. The van der Waals surface area contributed by atoms with Gasteiger partial charge in [-0.2, -0.15) is 0 Å². The Morgan fingerprint density at radius 3 is 2.29 bits per heavy atom. The predicted molar refractivity (Wildman–Crippen MR) is 202 cm³/mol. The monoisotopic (exact) mass is 703 g/mol. The highest BCUT2D eigenvalue weighted by Gasteiger charge is 2.42. The lowest BCUT2D eigenvalue weighted by Gasteiger charge is -2.36. The topological polar surface area (TPSA) is 99.0 Å². The summed E-state index contributed by atoms with van der Waals surface area (Å²) < 4.78 is 18.6. The number of hydrogen-bond donors (Lipinski definition) is 0. The second-order valence-corrected chi connectivity index (χ2v) is 13.6. The van der Waals surface area contributed by atoms with E-state index in [1.807, 2.05) is 58.9 Å². The lowest BCUT2D eigenvalue weighted by molar-refractivity contribution is 0.0777. The van der Waals surface area contributed by atoms with Crippen molar-refractivity contribution in [1.82, 2.24) is 24.3 Å². The molecule has 2 aromatic carbocycles. The first kappa shape index (κ1) is 36.6. The number of methoxy groups -OCH3 is 3. The van der Waals surface area contributed by atoms with Crippen LogP contribution in [0.15, 0.2) is 91.4 Å². The molecule has 0 radical (unpaired) electrons. The molecule has 4 aromatic rings. The molecule has 1 atom stereocenters. The van der Waals surface area contributed by atoms with Gasteiger partial charge in [0.15, 0.2) is 17.3 Å². The molecule has 272 valence electrons. The second kappa shape index (κ2) is 16.9. The average molecular weight is 704 g/mol. The number of Topliss-reactive ketones (excluding diaryl/α,β-unsaturated/α-hetero) is 1. The molecule has 6 rings (SSSR count). The number of likely N-dealkylation sites (tertiary alicyclic amines) is 2. The van der Waals surface area contributed by atoms with Crippen molar-refractivity contribution in [2.24, 2.45) is 5.92 Å². The third-order valence-electron chi connectivity index (χ3n) is 10.6. The Morgan fingerprint density at radius 2 is 1.63 bits per heavy atom. The van der Waals surface area contributed by atoms with E-state index in [9.17, 15) is 9.59 Å². The molecule has 10 nitrogen and oxygen atoms in total. The molecule has 1 amide bonds. The van der Waals surface area contributed by atoms with E-state index in [4.69, 9.17) is 14.2 Å². The molecular formula is C42H49N5O5. The van der Waals surface area contributed by atoms with Gasteiger partial charge in [-0.15, -0.1) is 0 Å². The predicted octanol–water partition coefficient (Wildman–Crippen LogP) is 6.71. The van der Waals surface area contributed by atoms with E-state index in [2.05, 4.69) is 39.1 Å². The van der Waals surface area contributed by atoms with E-state index in [1.54, 1.807) is 52.1 Å². The van der Waals surface area contributed by atoms with Gasteiger partial charge < -0.3 is 28.6 Å². The zero-order chi connectivity index (χ0) is 36.5. The fourth-order valence-corrected chi connectivity index (χ4v) is 7.60. The Labute approximate surface area is 306 Å². The lowest BCUT2D eigenvalue weighted by Crippen LogP contribution is -2.41. The average Bonchev–Trinajstić information content (AvgIpc) is 3.82. The first-order valence-corrected chi connectivity index (χ1v) is 18.0. The van der Waals surface area contributed by atoms with Crippen molar-refractivity contribution >= 4 is 17.8 Å². The third kappa shape index (κ3) is 7.97. The Balaban J connectivity index is 1.13. The number of pyridine rings is 1. The maximum Gasteiger partial charge on any atom is 0.254 e. The molecular weight excluding hydrogens is 654 g/mol. The number of ether oxygens (including phenoxy) is 3. The van der Waals surface area contributed by atoms with E-state index in [0.717, 1.165) is 56.6 Å². The number of hydrogen-bond acceptors (Lipinski definition) is 8. The smallest absolute Gasteiger partial charge is 0.254 e. The van der Waals surface area contributed by atoms with Gasteiger partial charge in [0.2, 0.25) is 11.5 Å². The fraction of sp³-hybridized carbons (Fsp3) is 0.381. The standard InChI is InChI=1S/C42H49N5O5/c1-5-6-8-13-35-28-44-40(47(35)29-31-14-20-43-21-15-31)38(48)32-16-22-45(23-17-32)24-18-42(34-11-9-7-10-12-34)19-25-46(30-42)41(49)33-26-36(50-2)39(52-4)37(27-33)51-3/h5-15,20-21,26-28,32H,16-19,22-25,29-30H2,1-4H3. The molecule has 1 unspecified atom stereocenters. The summed E-state index contributed by atoms with van der Waals surface area (Å²) in [6, 6.07) is 18.0. The minimum atomic E-state index is -0.182. The summed E-state index contributed by atoms with van der Waals surface area (Å²) in [6.45, 7) is 6.37. The van der Waals surface area contributed by atoms with Crippen LogP contribution in [0.3, 0.4) is 0 Å². The number of ketones is 1. The number of aromatic nitrogens is 3. The summed E-state index contributed by atoms with van der Waals surface area (Å²) in [7, 11) is 4.67. The van der Waals surface area contributed by atoms with Crippen molar-refractivity contribution in [1.29, 1.82) is 0 Å². The number of benzene rings is 2. The number of amides is 1. The summed E-state index contributed by atoms with van der Waals surface area (Å²) in [5.41, 5.74) is 3.54. The van der Waals surface area contributed by atoms with Crippen molar-refractivity contribution in [2.75, 3.05) is 54.1 Å². The molecule has 52 heavy (non-hydrogen) atoms. The van der Waals surface area contributed by atoms with Gasteiger partial charge in [0.25, 0.3) is 5.91 Å². The zero-order valence-corrected chi connectivity index (χ0v) is 30.7. The maximum absolute atomic E-state index is 14.0. The molecule has 2 aliphatic rings. The van der Waals surface area contributed by atoms with E-state index in [0.29, 0.717) is 48.3 Å². The second-order valence-electron chi connectivity index (χ2n) is 13.6. The number of imidazole rings is 1. The van der Waals surface area contributed by atoms with Gasteiger partial charge in [-0.3, -0.25) is 14.6 Å². The summed E-state index contributed by atoms with van der Waals surface area (Å²) in [4.78, 5) is 41.1. The first-order valence-electron chi connectivity index (χ1n) is 18.0. The number of nitrogens with zero attached hydrogens (tertiary/aromatic N) is 5. The molecule has 2 fully saturated rings. The number of carbonyl (C=O) groups excluding carboxylic acids is 2. The molecule has 2 aliphatic heterocycles. The maximum atomic E-state index is 14.0. The van der Waals surface area contributed by atoms with Gasteiger partial charge in [-0.25, -0.2) is 4.98 Å². The van der Waals surface area contributed by atoms with E-state index >= 15 is 0 Å². The van der Waals surface area contributed by atoms with Crippen LogP contribution in [0.2, 0.25) is 0 Å². The number of rotatable bonds is 14. The van der Waals surface area contributed by atoms with Gasteiger partial charge >= 0.3 is 0 Å². The van der Waals surface area contributed by atoms with Crippen molar-refractivity contribution in [3.63, 3.8) is 0 Å². The molecule has 0 aliphatic carbocycles. The molecule has 2 aromatic heterocycles. The van der Waals surface area contributed by atoms with Crippen LogP contribution >= 0.6 is 0 Å². The fourth-order valence-electron chi connectivity index (χ4n) is 7.60. The van der Waals surface area contributed by atoms with Gasteiger partial charge in [0, 0.05) is 48.9 Å². The molecule has 4 heterocycles. The van der Waals surface area contributed by atoms with Crippen molar-refractivity contribution in [3.05, 3.63) is 120 Å². The highest BCUT2D eigenvalue weighted by molar-refractivity contribution is 5.96. The van der Waals surface area contributed by atoms with Crippen LogP contribution in [0.5, 0.6) is 17.2 Å². The Hall–Kier alpha value is -5.22. The summed E-state index contributed by atoms with van der Waals surface area (Å²) >= 11 is 0. The Kier molecular flexibility index (Phi) is 11.9. The summed E-state index contributed by atoms with van der Waals surface area (Å²) in [5.74, 6) is 1.87. The van der Waals surface area contributed by atoms with Gasteiger partial charge in [-0.05, 0) is 93.7 Å². The molecule has 0 N–H and O–H groups in total. The van der Waals surface area contributed by atoms with Crippen molar-refractivity contribution in [3.8, 4) is 17.2 Å². The first-order chi connectivity index (χ1) is 25.4. The quantitative estimate of drug-likeness (QED) is 0.106. The molecule has 0 spiro atoms. The van der Waals surface area contributed by atoms with Crippen LogP contribution in [0.4, 0.5) is 0 Å². The Bertz CT molecular complexity index is 1860.